The molecule has 1 N–H and O–H groups in total. The maximum absolute atomic E-state index is 12.3. The lowest BCUT2D eigenvalue weighted by Crippen LogP contribution is -2.44. The molecular formula is C15H20N4O3S. The number of nitrogens with zero attached hydrogens (tertiary/aromatic N) is 3. The van der Waals surface area contributed by atoms with Crippen molar-refractivity contribution in [1.82, 2.24) is 19.8 Å². The van der Waals surface area contributed by atoms with Crippen molar-refractivity contribution in [3.05, 3.63) is 42.1 Å². The fourth-order valence-electron chi connectivity index (χ4n) is 2.69. The molecule has 8 heteroatoms. The van der Waals surface area contributed by atoms with E-state index in [0.29, 0.717) is 23.2 Å². The summed E-state index contributed by atoms with van der Waals surface area (Å²) in [5.74, 6) is 1.16. The first-order chi connectivity index (χ1) is 11.0. The maximum Gasteiger partial charge on any atom is 0.240 e. The Hall–Kier alpha value is -1.77. The van der Waals surface area contributed by atoms with Crippen LogP contribution in [0.15, 0.2) is 39.6 Å². The molecule has 0 spiro atoms. The van der Waals surface area contributed by atoms with Gasteiger partial charge in [0.1, 0.15) is 0 Å². The smallest absolute Gasteiger partial charge is 0.240 e. The minimum Gasteiger partial charge on any atom is -0.424 e. The van der Waals surface area contributed by atoms with E-state index < -0.39 is 10.0 Å². The third-order valence-electron chi connectivity index (χ3n) is 3.89. The molecule has 0 amide bonds. The van der Waals surface area contributed by atoms with E-state index in [0.717, 1.165) is 25.9 Å². The summed E-state index contributed by atoms with van der Waals surface area (Å²) in [4.78, 5) is 2.50. The largest absolute Gasteiger partial charge is 0.424 e. The number of sulfonamides is 1. The van der Waals surface area contributed by atoms with Crippen LogP contribution in [0.2, 0.25) is 0 Å². The normalized spacial score (nSPS) is 17.4. The van der Waals surface area contributed by atoms with E-state index in [4.69, 9.17) is 4.42 Å². The van der Waals surface area contributed by atoms with E-state index in [1.165, 1.54) is 0 Å². The highest BCUT2D eigenvalue weighted by Gasteiger charge is 2.25. The molecule has 1 fully saturated rings. The molecule has 7 nitrogen and oxygen atoms in total. The van der Waals surface area contributed by atoms with E-state index >= 15 is 0 Å². The number of aryl methyl sites for hydroxylation is 1. The van der Waals surface area contributed by atoms with Gasteiger partial charge in [0, 0.05) is 26.1 Å². The number of nitrogens with one attached hydrogen (secondary N) is 1. The maximum atomic E-state index is 12.3. The van der Waals surface area contributed by atoms with Gasteiger partial charge in [-0.3, -0.25) is 4.90 Å². The van der Waals surface area contributed by atoms with Crippen LogP contribution in [0, 0.1) is 6.92 Å². The monoisotopic (exact) mass is 336 g/mol. The first-order valence-electron chi connectivity index (χ1n) is 7.62. The van der Waals surface area contributed by atoms with Gasteiger partial charge in [-0.05, 0) is 25.0 Å². The Morgan fingerprint density at radius 3 is 2.52 bits per heavy atom. The van der Waals surface area contributed by atoms with Gasteiger partial charge >= 0.3 is 0 Å². The lowest BCUT2D eigenvalue weighted by atomic mass is 10.1. The molecule has 1 saturated heterocycles. The van der Waals surface area contributed by atoms with Gasteiger partial charge < -0.3 is 4.42 Å². The van der Waals surface area contributed by atoms with Crippen LogP contribution in [0.5, 0.6) is 0 Å². The van der Waals surface area contributed by atoms with Crippen molar-refractivity contribution in [3.8, 4) is 0 Å². The standard InChI is InChI=1S/C15H20N4O3S/c1-12-16-17-15(22-12)11-19-9-7-13(8-10-19)18-23(20,21)14-5-3-2-4-6-14/h2-6,13,18H,7-11H2,1H3. The molecule has 0 aliphatic carbocycles. The van der Waals surface area contributed by atoms with Crippen LogP contribution in [0.3, 0.4) is 0 Å². The van der Waals surface area contributed by atoms with E-state index in [1.807, 2.05) is 0 Å². The number of benzene rings is 1. The van der Waals surface area contributed by atoms with Crippen LogP contribution in [0.25, 0.3) is 0 Å². The molecule has 0 radical (unpaired) electrons. The summed E-state index contributed by atoms with van der Waals surface area (Å²) >= 11 is 0. The van der Waals surface area contributed by atoms with Crippen molar-refractivity contribution < 1.29 is 12.8 Å². The number of aromatic nitrogens is 2. The number of piperidine rings is 1. The van der Waals surface area contributed by atoms with Crippen LogP contribution < -0.4 is 4.72 Å². The fraction of sp³-hybridized carbons (Fsp3) is 0.467. The van der Waals surface area contributed by atoms with Crippen molar-refractivity contribution in [2.24, 2.45) is 0 Å². The third kappa shape index (κ3) is 4.15. The molecule has 2 aromatic rings. The summed E-state index contributed by atoms with van der Waals surface area (Å²) in [7, 11) is -3.44. The number of hydrogen-bond donors (Lipinski definition) is 1. The summed E-state index contributed by atoms with van der Waals surface area (Å²) in [6, 6.07) is 8.43. The second-order valence-corrected chi connectivity index (χ2v) is 7.41. The van der Waals surface area contributed by atoms with Gasteiger partial charge in [0.05, 0.1) is 11.4 Å². The molecule has 1 aromatic carbocycles. The van der Waals surface area contributed by atoms with Crippen molar-refractivity contribution >= 4 is 10.0 Å². The molecule has 1 aliphatic rings. The minimum absolute atomic E-state index is 0.0409. The Kier molecular flexibility index (Phi) is 4.74. The van der Waals surface area contributed by atoms with Crippen LogP contribution >= 0.6 is 0 Å². The van der Waals surface area contributed by atoms with Crippen molar-refractivity contribution in [1.29, 1.82) is 0 Å². The Morgan fingerprint density at radius 1 is 1.22 bits per heavy atom. The van der Waals surface area contributed by atoms with Gasteiger partial charge in [-0.2, -0.15) is 0 Å². The highest BCUT2D eigenvalue weighted by Crippen LogP contribution is 2.16. The van der Waals surface area contributed by atoms with Crippen LogP contribution in [-0.4, -0.2) is 42.6 Å². The fourth-order valence-corrected chi connectivity index (χ4v) is 4.01. The average Bonchev–Trinajstić information content (AvgIpc) is 2.95. The first-order valence-corrected chi connectivity index (χ1v) is 9.10. The lowest BCUT2D eigenvalue weighted by molar-refractivity contribution is 0.183. The Balaban J connectivity index is 1.53. The van der Waals surface area contributed by atoms with Crippen LogP contribution in [-0.2, 0) is 16.6 Å². The average molecular weight is 336 g/mol. The summed E-state index contributed by atoms with van der Waals surface area (Å²) in [5, 5.41) is 7.80. The Labute approximate surface area is 135 Å². The van der Waals surface area contributed by atoms with Crippen molar-refractivity contribution in [3.63, 3.8) is 0 Å². The molecule has 0 bridgehead atoms. The van der Waals surface area contributed by atoms with Gasteiger partial charge in [-0.1, -0.05) is 18.2 Å². The molecule has 124 valence electrons. The van der Waals surface area contributed by atoms with Gasteiger partial charge in [-0.25, -0.2) is 13.1 Å². The summed E-state index contributed by atoms with van der Waals surface area (Å²) in [6.45, 7) is 3.97. The van der Waals surface area contributed by atoms with Gasteiger partial charge in [0.15, 0.2) is 0 Å². The quantitative estimate of drug-likeness (QED) is 0.886. The van der Waals surface area contributed by atoms with Crippen molar-refractivity contribution in [2.45, 2.75) is 37.2 Å². The van der Waals surface area contributed by atoms with E-state index in [-0.39, 0.29) is 6.04 Å². The first kappa shape index (κ1) is 16.1. The second kappa shape index (κ2) is 6.77. The minimum atomic E-state index is -3.44. The van der Waals surface area contributed by atoms with Crippen LogP contribution in [0.4, 0.5) is 0 Å². The molecule has 2 heterocycles. The molecule has 23 heavy (non-hydrogen) atoms. The molecule has 0 atom stereocenters. The summed E-state index contributed by atoms with van der Waals surface area (Å²) in [6.07, 6.45) is 1.53. The summed E-state index contributed by atoms with van der Waals surface area (Å²) < 4.78 is 32.8. The lowest BCUT2D eigenvalue weighted by Gasteiger charge is -2.31. The highest BCUT2D eigenvalue weighted by atomic mass is 32.2. The second-order valence-electron chi connectivity index (χ2n) is 5.70. The van der Waals surface area contributed by atoms with Gasteiger partial charge in [0.25, 0.3) is 0 Å². The number of likely N-dealkylation sites (tertiary alicyclic amines) is 1. The van der Waals surface area contributed by atoms with E-state index in [9.17, 15) is 8.42 Å². The zero-order chi connectivity index (χ0) is 16.3. The zero-order valence-electron chi connectivity index (χ0n) is 13.0. The molecule has 1 aliphatic heterocycles. The SMILES string of the molecule is Cc1nnc(CN2CCC(NS(=O)(=O)c3ccccc3)CC2)o1. The molecule has 0 saturated carbocycles. The molecule has 3 rings (SSSR count). The molecular weight excluding hydrogens is 316 g/mol. The topological polar surface area (TPSA) is 88.3 Å². The molecule has 1 aromatic heterocycles. The Morgan fingerprint density at radius 2 is 1.91 bits per heavy atom. The van der Waals surface area contributed by atoms with Gasteiger partial charge in [0.2, 0.25) is 21.8 Å². The van der Waals surface area contributed by atoms with Gasteiger partial charge in [-0.15, -0.1) is 10.2 Å². The van der Waals surface area contributed by atoms with Crippen molar-refractivity contribution in [2.75, 3.05) is 13.1 Å². The predicted molar refractivity (Wildman–Crippen MR) is 84.1 cm³/mol. The van der Waals surface area contributed by atoms with E-state index in [1.54, 1.807) is 37.3 Å². The predicted octanol–water partition coefficient (Wildman–Crippen LogP) is 1.32. The molecule has 0 unspecified atom stereocenters. The van der Waals surface area contributed by atoms with E-state index in [2.05, 4.69) is 19.8 Å². The van der Waals surface area contributed by atoms with Crippen LogP contribution in [0.1, 0.15) is 24.6 Å². The number of hydrogen-bond acceptors (Lipinski definition) is 6. The summed E-state index contributed by atoms with van der Waals surface area (Å²) in [5.41, 5.74) is 0. The Bertz CT molecular complexity index is 737. The number of rotatable bonds is 5. The zero-order valence-corrected chi connectivity index (χ0v) is 13.8. The third-order valence-corrected chi connectivity index (χ3v) is 5.43. The highest BCUT2D eigenvalue weighted by molar-refractivity contribution is 7.89.